The van der Waals surface area contributed by atoms with Crippen LogP contribution in [0.3, 0.4) is 0 Å². The van der Waals surface area contributed by atoms with E-state index in [9.17, 15) is 0 Å². The molecule has 2 nitrogen and oxygen atoms in total. The third-order valence-electron chi connectivity index (χ3n) is 1.56. The molecule has 0 aliphatic heterocycles. The Kier molecular flexibility index (Phi) is 4.14. The van der Waals surface area contributed by atoms with E-state index in [1.807, 2.05) is 31.2 Å². The van der Waals surface area contributed by atoms with Gasteiger partial charge in [-0.3, -0.25) is 0 Å². The van der Waals surface area contributed by atoms with Crippen LogP contribution in [0.15, 0.2) is 24.3 Å². The lowest BCUT2D eigenvalue weighted by molar-refractivity contribution is 0.0778. The highest BCUT2D eigenvalue weighted by Crippen LogP contribution is 2.27. The second-order valence-corrected chi connectivity index (χ2v) is 5.44. The van der Waals surface area contributed by atoms with Crippen LogP contribution < -0.4 is 3.79 Å². The van der Waals surface area contributed by atoms with Gasteiger partial charge in [0.15, 0.2) is 6.61 Å². The SMILES string of the molecule is CC[OH+]c1ccccc1[O][Al-]([CH3])[CH3]. The van der Waals surface area contributed by atoms with E-state index in [0.717, 1.165) is 18.1 Å². The van der Waals surface area contributed by atoms with Crippen LogP contribution in [-0.4, -0.2) is 25.8 Å². The van der Waals surface area contributed by atoms with Crippen LogP contribution in [0.1, 0.15) is 6.92 Å². The van der Waals surface area contributed by atoms with Gasteiger partial charge in [0.25, 0.3) is 5.75 Å². The molecule has 0 atom stereocenters. The summed E-state index contributed by atoms with van der Waals surface area (Å²) >= 11 is -1.01. The first-order valence-corrected chi connectivity index (χ1v) is 7.45. The molecule has 13 heavy (non-hydrogen) atoms. The third-order valence-corrected chi connectivity index (χ3v) is 2.28. The summed E-state index contributed by atoms with van der Waals surface area (Å²) < 4.78 is 10.1. The first kappa shape index (κ1) is 10.4. The monoisotopic (exact) mass is 195 g/mol. The summed E-state index contributed by atoms with van der Waals surface area (Å²) in [6.45, 7) is 2.84. The minimum atomic E-state index is -1.01. The molecule has 1 N–H and O–H groups in total. The van der Waals surface area contributed by atoms with Gasteiger partial charge in [0.1, 0.15) is 5.75 Å². The van der Waals surface area contributed by atoms with Crippen molar-refractivity contribution in [2.75, 3.05) is 6.61 Å². The molecule has 1 aromatic rings. The van der Waals surface area contributed by atoms with Crippen molar-refractivity contribution in [2.45, 2.75) is 18.5 Å². The van der Waals surface area contributed by atoms with Crippen LogP contribution in [0.25, 0.3) is 0 Å². The van der Waals surface area contributed by atoms with E-state index in [4.69, 9.17) is 3.79 Å². The fourth-order valence-electron chi connectivity index (χ4n) is 1.11. The van der Waals surface area contributed by atoms with Crippen molar-refractivity contribution in [1.29, 1.82) is 0 Å². The van der Waals surface area contributed by atoms with Gasteiger partial charge >= 0.3 is 0 Å². The van der Waals surface area contributed by atoms with Crippen molar-refractivity contribution in [1.82, 2.24) is 0 Å². The van der Waals surface area contributed by atoms with Gasteiger partial charge < -0.3 is 8.53 Å². The zero-order valence-electron chi connectivity index (χ0n) is 8.45. The van der Waals surface area contributed by atoms with E-state index in [1.54, 1.807) is 0 Å². The van der Waals surface area contributed by atoms with Crippen LogP contribution in [-0.2, 0) is 0 Å². The van der Waals surface area contributed by atoms with Crippen molar-refractivity contribution in [3.8, 4) is 11.5 Å². The van der Waals surface area contributed by atoms with Crippen molar-refractivity contribution in [3.05, 3.63) is 24.3 Å². The zero-order valence-corrected chi connectivity index (χ0v) is 9.60. The van der Waals surface area contributed by atoms with Crippen LogP contribution in [0.5, 0.6) is 11.5 Å². The second-order valence-electron chi connectivity index (χ2n) is 3.11. The molecule has 71 valence electrons. The molecular formula is C10H16AlO2. The van der Waals surface area contributed by atoms with E-state index >= 15 is 0 Å². The Balaban J connectivity index is 2.78. The largest absolute Gasteiger partial charge is 0.810 e. The third kappa shape index (κ3) is 3.30. The molecule has 0 aliphatic rings. The highest BCUT2D eigenvalue weighted by Gasteiger charge is 2.04. The Labute approximate surface area is 84.2 Å². The standard InChI is InChI=1S/C8H10O2.2CH3.Al/c1-2-10-8-6-4-3-5-7(8)9;;;/h3-6,9H,2H2,1H3;2*1H3;. The fourth-order valence-corrected chi connectivity index (χ4v) is 1.82. The molecule has 0 fully saturated rings. The van der Waals surface area contributed by atoms with Crippen molar-refractivity contribution in [3.63, 3.8) is 0 Å². The smallest absolute Gasteiger partial charge is 0.291 e. The first-order chi connectivity index (χ1) is 6.24. The number of para-hydroxylation sites is 2. The lowest BCUT2D eigenvalue weighted by Gasteiger charge is -2.21. The molecule has 0 aromatic heterocycles. The summed E-state index contributed by atoms with van der Waals surface area (Å²) in [7, 11) is 0. The lowest BCUT2D eigenvalue weighted by atomic mass is 10.3. The molecule has 1 rings (SSSR count). The summed E-state index contributed by atoms with van der Waals surface area (Å²) in [4.78, 5) is 0. The molecule has 1 aromatic carbocycles. The number of hydrogen-bond acceptors (Lipinski definition) is 1. The predicted molar refractivity (Wildman–Crippen MR) is 56.8 cm³/mol. The van der Waals surface area contributed by atoms with Crippen molar-refractivity contribution >= 4 is 14.5 Å². The average Bonchev–Trinajstić information content (AvgIpc) is 2.08. The number of rotatable bonds is 4. The molecule has 0 unspecified atom stereocenters. The van der Waals surface area contributed by atoms with E-state index in [-0.39, 0.29) is 0 Å². The Morgan fingerprint density at radius 3 is 2.62 bits per heavy atom. The van der Waals surface area contributed by atoms with Gasteiger partial charge in [-0.2, -0.15) is 11.6 Å². The van der Waals surface area contributed by atoms with E-state index in [1.165, 1.54) is 0 Å². The maximum absolute atomic E-state index is 5.74. The van der Waals surface area contributed by atoms with Gasteiger partial charge in [-0.05, 0) is 6.07 Å². The Morgan fingerprint density at radius 2 is 2.00 bits per heavy atom. The molecule has 0 amide bonds. The van der Waals surface area contributed by atoms with Gasteiger partial charge in [-0.1, -0.05) is 12.1 Å². The molecular weight excluding hydrogens is 179 g/mol. The lowest BCUT2D eigenvalue weighted by Crippen LogP contribution is -2.11. The highest BCUT2D eigenvalue weighted by atomic mass is 27.2. The first-order valence-electron chi connectivity index (χ1n) is 4.67. The van der Waals surface area contributed by atoms with E-state index < -0.39 is 14.5 Å². The molecule has 1 radical (unpaired) electrons. The number of aromatic hydroxyl groups is 1. The van der Waals surface area contributed by atoms with Crippen LogP contribution in [0.4, 0.5) is 0 Å². The fraction of sp³-hybridized carbons (Fsp3) is 0.400. The Bertz CT molecular complexity index is 261. The van der Waals surface area contributed by atoms with Gasteiger partial charge in [0.2, 0.25) is 14.5 Å². The minimum Gasteiger partial charge on any atom is -0.810 e. The maximum Gasteiger partial charge on any atom is 0.291 e. The molecule has 0 spiro atoms. The topological polar surface area (TPSA) is 22.0 Å². The molecule has 0 saturated carbocycles. The summed E-state index contributed by atoms with van der Waals surface area (Å²) in [5.74, 6) is 6.23. The van der Waals surface area contributed by atoms with Gasteiger partial charge in [0.05, 0.1) is 0 Å². The number of aliphatic hydroxyl groups is 1. The number of benzene rings is 1. The Hall–Kier alpha value is -0.648. The zero-order chi connectivity index (χ0) is 9.68. The predicted octanol–water partition coefficient (Wildman–Crippen LogP) is 2.58. The molecule has 0 saturated heterocycles. The van der Waals surface area contributed by atoms with Gasteiger partial charge in [-0.15, -0.1) is 0 Å². The molecule has 0 bridgehead atoms. The number of ether oxygens (including phenoxy) is 1. The molecule has 0 aliphatic carbocycles. The average molecular weight is 195 g/mol. The van der Waals surface area contributed by atoms with E-state index in [2.05, 4.69) is 16.3 Å². The number of hydrogen-bond donors (Lipinski definition) is 0. The van der Waals surface area contributed by atoms with Crippen LogP contribution in [0.2, 0.25) is 11.6 Å². The maximum atomic E-state index is 5.74. The summed E-state index contributed by atoms with van der Waals surface area (Å²) in [6.07, 6.45) is 0. The van der Waals surface area contributed by atoms with Crippen molar-refractivity contribution < 1.29 is 8.53 Å². The van der Waals surface area contributed by atoms with E-state index in [0.29, 0.717) is 0 Å². The second kappa shape index (κ2) is 5.16. The summed E-state index contributed by atoms with van der Waals surface area (Å²) in [6, 6.07) is 7.96. The minimum absolute atomic E-state index is 0.806. The molecule has 0 heterocycles. The van der Waals surface area contributed by atoms with Gasteiger partial charge in [0, 0.05) is 13.0 Å². The normalized spacial score (nSPS) is 10.2. The summed E-state index contributed by atoms with van der Waals surface area (Å²) in [5.41, 5.74) is 0. The van der Waals surface area contributed by atoms with Crippen LogP contribution >= 0.6 is 0 Å². The summed E-state index contributed by atoms with van der Waals surface area (Å²) in [5, 5.41) is 0. The Morgan fingerprint density at radius 1 is 1.31 bits per heavy atom. The van der Waals surface area contributed by atoms with Gasteiger partial charge in [-0.25, -0.2) is 0 Å². The molecule has 3 heteroatoms. The highest BCUT2D eigenvalue weighted by molar-refractivity contribution is 6.49. The van der Waals surface area contributed by atoms with Crippen LogP contribution in [0, 0.1) is 0 Å². The quantitative estimate of drug-likeness (QED) is 0.534. The van der Waals surface area contributed by atoms with Crippen molar-refractivity contribution in [2.24, 2.45) is 0 Å².